The molecule has 3 rings (SSSR count). The van der Waals surface area contributed by atoms with Crippen LogP contribution in [0.5, 0.6) is 0 Å². The van der Waals surface area contributed by atoms with Crippen LogP contribution in [-0.4, -0.2) is 32.9 Å². The van der Waals surface area contributed by atoms with Crippen LogP contribution in [0.25, 0.3) is 22.6 Å². The van der Waals surface area contributed by atoms with E-state index in [9.17, 15) is 22.6 Å². The lowest BCUT2D eigenvalue weighted by Crippen LogP contribution is -2.21. The van der Waals surface area contributed by atoms with E-state index in [1.54, 1.807) is 6.07 Å². The summed E-state index contributed by atoms with van der Waals surface area (Å²) >= 11 is 0. The Hall–Kier alpha value is -2.72. The van der Waals surface area contributed by atoms with Crippen molar-refractivity contribution in [1.29, 1.82) is 0 Å². The summed E-state index contributed by atoms with van der Waals surface area (Å²) in [4.78, 5) is 33.4. The molecule has 2 heterocycles. The highest BCUT2D eigenvalue weighted by molar-refractivity contribution is 7.86. The smallest absolute Gasteiger partial charge is 0.327 e. The third-order valence-electron chi connectivity index (χ3n) is 2.81. The van der Waals surface area contributed by atoms with Gasteiger partial charge in [0, 0.05) is 5.56 Å². The van der Waals surface area contributed by atoms with E-state index in [4.69, 9.17) is 0 Å². The second-order valence-electron chi connectivity index (χ2n) is 4.19. The van der Waals surface area contributed by atoms with Crippen molar-refractivity contribution in [3.8, 4) is 11.4 Å². The minimum absolute atomic E-state index is 0.00487. The Labute approximate surface area is 116 Å². The number of imidazole rings is 1. The van der Waals surface area contributed by atoms with Gasteiger partial charge in [0.1, 0.15) is 16.2 Å². The first-order valence-corrected chi connectivity index (χ1v) is 7.09. The lowest BCUT2D eigenvalue weighted by atomic mass is 10.2. The zero-order valence-corrected chi connectivity index (χ0v) is 11.1. The Bertz CT molecular complexity index is 1060. The molecule has 108 valence electrons. The Kier molecular flexibility index (Phi) is 2.78. The van der Waals surface area contributed by atoms with Crippen LogP contribution in [0.2, 0.25) is 0 Å². The number of H-pyrrole nitrogens is 3. The number of benzene rings is 1. The standard InChI is InChI=1S/C11H8N4O5S/c16-10-7-9(14-11(17)15-10)13-8(12-7)5-3-1-2-4-6(5)21(18,19)20/h1-4H,(H,18,19,20)(H3,12,13,14,15,16,17). The van der Waals surface area contributed by atoms with Gasteiger partial charge in [-0.05, 0) is 12.1 Å². The van der Waals surface area contributed by atoms with Crippen molar-refractivity contribution in [2.75, 3.05) is 0 Å². The highest BCUT2D eigenvalue weighted by atomic mass is 32.2. The predicted molar refractivity (Wildman–Crippen MR) is 72.6 cm³/mol. The van der Waals surface area contributed by atoms with E-state index in [0.29, 0.717) is 0 Å². The van der Waals surface area contributed by atoms with Gasteiger partial charge in [-0.1, -0.05) is 12.1 Å². The fourth-order valence-electron chi connectivity index (χ4n) is 1.95. The normalized spacial score (nSPS) is 11.9. The zero-order valence-electron chi connectivity index (χ0n) is 10.2. The van der Waals surface area contributed by atoms with Crippen molar-refractivity contribution in [2.24, 2.45) is 0 Å². The van der Waals surface area contributed by atoms with Gasteiger partial charge in [-0.25, -0.2) is 9.78 Å². The van der Waals surface area contributed by atoms with Crippen LogP contribution in [0, 0.1) is 0 Å². The summed E-state index contributed by atoms with van der Waals surface area (Å²) in [5, 5.41) is 0. The van der Waals surface area contributed by atoms with E-state index < -0.39 is 21.4 Å². The van der Waals surface area contributed by atoms with E-state index in [-0.39, 0.29) is 27.4 Å². The minimum Gasteiger partial charge on any atom is -0.332 e. The summed E-state index contributed by atoms with van der Waals surface area (Å²) in [7, 11) is -4.46. The molecule has 10 heteroatoms. The van der Waals surface area contributed by atoms with E-state index in [0.717, 1.165) is 0 Å². The zero-order chi connectivity index (χ0) is 15.2. The maximum absolute atomic E-state index is 11.6. The van der Waals surface area contributed by atoms with Crippen LogP contribution in [0.15, 0.2) is 38.8 Å². The molecule has 0 aliphatic carbocycles. The lowest BCUT2D eigenvalue weighted by molar-refractivity contribution is 0.483. The molecule has 0 saturated carbocycles. The molecule has 0 amide bonds. The van der Waals surface area contributed by atoms with Gasteiger partial charge in [0.15, 0.2) is 5.65 Å². The van der Waals surface area contributed by atoms with Crippen molar-refractivity contribution >= 4 is 21.3 Å². The molecule has 3 aromatic rings. The van der Waals surface area contributed by atoms with Crippen molar-refractivity contribution in [2.45, 2.75) is 4.90 Å². The summed E-state index contributed by atoms with van der Waals surface area (Å²) in [6.07, 6.45) is 0. The fourth-order valence-corrected chi connectivity index (χ4v) is 2.64. The summed E-state index contributed by atoms with van der Waals surface area (Å²) < 4.78 is 31.9. The maximum atomic E-state index is 11.6. The van der Waals surface area contributed by atoms with Crippen molar-refractivity contribution < 1.29 is 13.0 Å². The summed E-state index contributed by atoms with van der Waals surface area (Å²) in [5.41, 5.74) is -1.35. The van der Waals surface area contributed by atoms with Crippen LogP contribution < -0.4 is 11.2 Å². The Balaban J connectivity index is 2.35. The van der Waals surface area contributed by atoms with Crippen LogP contribution >= 0.6 is 0 Å². The Morgan fingerprint density at radius 1 is 1.05 bits per heavy atom. The quantitative estimate of drug-likeness (QED) is 0.484. The summed E-state index contributed by atoms with van der Waals surface area (Å²) in [5.74, 6) is 0.0329. The molecule has 0 atom stereocenters. The topological polar surface area (TPSA) is 149 Å². The number of nitrogens with one attached hydrogen (secondary N) is 3. The Morgan fingerprint density at radius 2 is 1.76 bits per heavy atom. The third kappa shape index (κ3) is 2.26. The molecule has 4 N–H and O–H groups in total. The van der Waals surface area contributed by atoms with Gasteiger partial charge in [0.25, 0.3) is 15.7 Å². The second-order valence-corrected chi connectivity index (χ2v) is 5.58. The van der Waals surface area contributed by atoms with E-state index >= 15 is 0 Å². The predicted octanol–water partition coefficient (Wildman–Crippen LogP) is -0.147. The van der Waals surface area contributed by atoms with Gasteiger partial charge in [0.05, 0.1) is 0 Å². The number of aromatic nitrogens is 4. The highest BCUT2D eigenvalue weighted by Crippen LogP contribution is 2.25. The van der Waals surface area contributed by atoms with Gasteiger partial charge >= 0.3 is 5.69 Å². The molecule has 0 radical (unpaired) electrons. The number of hydrogen-bond acceptors (Lipinski definition) is 5. The first kappa shape index (κ1) is 13.3. The minimum atomic E-state index is -4.46. The van der Waals surface area contributed by atoms with Crippen molar-refractivity contribution in [3.63, 3.8) is 0 Å². The van der Waals surface area contributed by atoms with Gasteiger partial charge in [-0.15, -0.1) is 0 Å². The SMILES string of the molecule is O=c1[nH]c(=O)c2[nH]c(-c3ccccc3S(=O)(=O)O)nc2[nH]1. The molecule has 0 aliphatic heterocycles. The largest absolute Gasteiger partial charge is 0.332 e. The number of fused-ring (bicyclic) bond motifs is 1. The molecular formula is C11H8N4O5S. The molecule has 0 aliphatic rings. The first-order chi connectivity index (χ1) is 9.86. The van der Waals surface area contributed by atoms with E-state index in [2.05, 4.69) is 15.0 Å². The first-order valence-electron chi connectivity index (χ1n) is 5.65. The van der Waals surface area contributed by atoms with E-state index in [1.165, 1.54) is 18.2 Å². The van der Waals surface area contributed by atoms with Crippen LogP contribution in [-0.2, 0) is 10.1 Å². The monoisotopic (exact) mass is 308 g/mol. The number of hydrogen-bond donors (Lipinski definition) is 4. The lowest BCUT2D eigenvalue weighted by Gasteiger charge is -2.03. The fraction of sp³-hybridized carbons (Fsp3) is 0. The molecule has 9 nitrogen and oxygen atoms in total. The van der Waals surface area contributed by atoms with Crippen LogP contribution in [0.1, 0.15) is 0 Å². The Morgan fingerprint density at radius 3 is 2.48 bits per heavy atom. The molecule has 0 fully saturated rings. The molecule has 0 unspecified atom stereocenters. The van der Waals surface area contributed by atoms with Gasteiger partial charge in [0.2, 0.25) is 0 Å². The molecule has 0 bridgehead atoms. The average molecular weight is 308 g/mol. The molecule has 0 saturated heterocycles. The third-order valence-corrected chi connectivity index (χ3v) is 3.72. The molecule has 2 aromatic heterocycles. The van der Waals surface area contributed by atoms with E-state index in [1.807, 2.05) is 4.98 Å². The maximum Gasteiger partial charge on any atom is 0.327 e. The van der Waals surface area contributed by atoms with Crippen LogP contribution in [0.3, 0.4) is 0 Å². The molecule has 1 aromatic carbocycles. The number of nitrogens with zero attached hydrogens (tertiary/aromatic N) is 1. The van der Waals surface area contributed by atoms with Crippen molar-refractivity contribution in [3.05, 3.63) is 45.1 Å². The van der Waals surface area contributed by atoms with Gasteiger partial charge in [-0.2, -0.15) is 8.42 Å². The molecule has 0 spiro atoms. The molecular weight excluding hydrogens is 300 g/mol. The highest BCUT2D eigenvalue weighted by Gasteiger charge is 2.19. The van der Waals surface area contributed by atoms with Crippen LogP contribution in [0.4, 0.5) is 0 Å². The average Bonchev–Trinajstić information content (AvgIpc) is 2.81. The molecule has 21 heavy (non-hydrogen) atoms. The number of rotatable bonds is 2. The van der Waals surface area contributed by atoms with Crippen molar-refractivity contribution in [1.82, 2.24) is 19.9 Å². The van der Waals surface area contributed by atoms with Gasteiger partial charge < -0.3 is 4.98 Å². The van der Waals surface area contributed by atoms with Gasteiger partial charge in [-0.3, -0.25) is 19.3 Å². The second kappa shape index (κ2) is 4.40. The summed E-state index contributed by atoms with van der Waals surface area (Å²) in [6, 6.07) is 5.59. The summed E-state index contributed by atoms with van der Waals surface area (Å²) in [6.45, 7) is 0. The number of aromatic amines is 3.